The minimum atomic E-state index is -2.78. The predicted octanol–water partition coefficient (Wildman–Crippen LogP) is 1.93. The lowest BCUT2D eigenvalue weighted by Gasteiger charge is -2.09. The van der Waals surface area contributed by atoms with Gasteiger partial charge in [0, 0.05) is 0 Å². The SMILES string of the molecule is CCCCCCS(=O)(=O)CCCN(C)C. The Labute approximate surface area is 94.8 Å². The van der Waals surface area contributed by atoms with Crippen LogP contribution in [0.2, 0.25) is 0 Å². The van der Waals surface area contributed by atoms with Crippen molar-refractivity contribution < 1.29 is 8.42 Å². The first-order valence-electron chi connectivity index (χ1n) is 5.83. The smallest absolute Gasteiger partial charge is 0.150 e. The maximum atomic E-state index is 11.6. The van der Waals surface area contributed by atoms with Crippen LogP contribution in [0.15, 0.2) is 0 Å². The van der Waals surface area contributed by atoms with Gasteiger partial charge in [-0.15, -0.1) is 0 Å². The molecule has 0 rings (SSSR count). The Kier molecular flexibility index (Phi) is 8.06. The van der Waals surface area contributed by atoms with Gasteiger partial charge in [-0.3, -0.25) is 0 Å². The van der Waals surface area contributed by atoms with Crippen LogP contribution in [0.5, 0.6) is 0 Å². The Morgan fingerprint density at radius 3 is 2.07 bits per heavy atom. The van der Waals surface area contributed by atoms with Crippen LogP contribution < -0.4 is 0 Å². The number of sulfone groups is 1. The summed E-state index contributed by atoms with van der Waals surface area (Å²) in [7, 11) is 1.15. The standard InChI is InChI=1S/C11H25NO2S/c1-4-5-6-7-10-15(13,14)11-8-9-12(2)3/h4-11H2,1-3H3. The highest BCUT2D eigenvalue weighted by atomic mass is 32.2. The van der Waals surface area contributed by atoms with E-state index in [0.29, 0.717) is 11.5 Å². The van der Waals surface area contributed by atoms with Crippen molar-refractivity contribution in [3.63, 3.8) is 0 Å². The highest BCUT2D eigenvalue weighted by Crippen LogP contribution is 2.04. The van der Waals surface area contributed by atoms with Crippen LogP contribution in [0.1, 0.15) is 39.0 Å². The van der Waals surface area contributed by atoms with Gasteiger partial charge >= 0.3 is 0 Å². The molecule has 0 radical (unpaired) electrons. The summed E-state index contributed by atoms with van der Waals surface area (Å²) >= 11 is 0. The Hall–Kier alpha value is -0.0900. The van der Waals surface area contributed by atoms with Crippen molar-refractivity contribution in [2.45, 2.75) is 39.0 Å². The molecule has 0 aliphatic heterocycles. The van der Waals surface area contributed by atoms with E-state index in [0.717, 1.165) is 38.6 Å². The van der Waals surface area contributed by atoms with Crippen LogP contribution in [-0.4, -0.2) is 45.5 Å². The molecule has 0 N–H and O–H groups in total. The first-order valence-corrected chi connectivity index (χ1v) is 7.65. The van der Waals surface area contributed by atoms with Crippen molar-refractivity contribution in [2.24, 2.45) is 0 Å². The molecule has 0 aliphatic carbocycles. The lowest BCUT2D eigenvalue weighted by Crippen LogP contribution is -2.18. The van der Waals surface area contributed by atoms with Gasteiger partial charge < -0.3 is 4.90 Å². The number of hydrogen-bond donors (Lipinski definition) is 0. The van der Waals surface area contributed by atoms with E-state index in [1.54, 1.807) is 0 Å². The summed E-state index contributed by atoms with van der Waals surface area (Å²) in [4.78, 5) is 2.02. The molecule has 0 unspecified atom stereocenters. The van der Waals surface area contributed by atoms with Crippen molar-refractivity contribution >= 4 is 9.84 Å². The molecule has 0 amide bonds. The number of rotatable bonds is 9. The molecular weight excluding hydrogens is 210 g/mol. The molecule has 0 spiro atoms. The zero-order chi connectivity index (χ0) is 11.7. The van der Waals surface area contributed by atoms with Gasteiger partial charge in [-0.2, -0.15) is 0 Å². The normalized spacial score (nSPS) is 12.3. The molecule has 4 heteroatoms. The molecule has 0 saturated heterocycles. The van der Waals surface area contributed by atoms with Crippen molar-refractivity contribution in [3.8, 4) is 0 Å². The summed E-state index contributed by atoms with van der Waals surface area (Å²) in [5.74, 6) is 0.720. The van der Waals surface area contributed by atoms with E-state index in [4.69, 9.17) is 0 Å². The summed E-state index contributed by atoms with van der Waals surface area (Å²) in [5.41, 5.74) is 0. The van der Waals surface area contributed by atoms with E-state index in [-0.39, 0.29) is 0 Å². The fourth-order valence-corrected chi connectivity index (χ4v) is 2.87. The summed E-state index contributed by atoms with van der Waals surface area (Å²) in [6.07, 6.45) is 4.93. The van der Waals surface area contributed by atoms with Crippen molar-refractivity contribution in [1.82, 2.24) is 4.90 Å². The molecule has 0 atom stereocenters. The van der Waals surface area contributed by atoms with Crippen molar-refractivity contribution in [3.05, 3.63) is 0 Å². The van der Waals surface area contributed by atoms with E-state index in [1.807, 2.05) is 19.0 Å². The van der Waals surface area contributed by atoms with E-state index in [2.05, 4.69) is 6.92 Å². The second kappa shape index (κ2) is 8.11. The summed E-state index contributed by atoms with van der Waals surface area (Å²) in [6.45, 7) is 2.99. The monoisotopic (exact) mass is 235 g/mol. The van der Waals surface area contributed by atoms with Crippen LogP contribution in [0, 0.1) is 0 Å². The van der Waals surface area contributed by atoms with Gasteiger partial charge in [-0.1, -0.05) is 26.2 Å². The highest BCUT2D eigenvalue weighted by Gasteiger charge is 2.09. The van der Waals surface area contributed by atoms with Crippen molar-refractivity contribution in [2.75, 3.05) is 32.1 Å². The molecule has 15 heavy (non-hydrogen) atoms. The van der Waals surface area contributed by atoms with Crippen LogP contribution in [-0.2, 0) is 9.84 Å². The van der Waals surface area contributed by atoms with Crippen molar-refractivity contribution in [1.29, 1.82) is 0 Å². The Bertz CT molecular complexity index is 235. The number of nitrogens with zero attached hydrogens (tertiary/aromatic N) is 1. The molecule has 0 heterocycles. The van der Waals surface area contributed by atoms with E-state index < -0.39 is 9.84 Å². The van der Waals surface area contributed by atoms with Gasteiger partial charge in [0.25, 0.3) is 0 Å². The third-order valence-electron chi connectivity index (χ3n) is 2.37. The molecule has 0 bridgehead atoms. The summed E-state index contributed by atoms with van der Waals surface area (Å²) < 4.78 is 23.1. The molecule has 0 aromatic heterocycles. The van der Waals surface area contributed by atoms with Crippen LogP contribution >= 0.6 is 0 Å². The van der Waals surface area contributed by atoms with E-state index >= 15 is 0 Å². The minimum absolute atomic E-state index is 0.345. The van der Waals surface area contributed by atoms with Crippen LogP contribution in [0.4, 0.5) is 0 Å². The molecule has 0 saturated carbocycles. The Morgan fingerprint density at radius 1 is 0.933 bits per heavy atom. The minimum Gasteiger partial charge on any atom is -0.309 e. The fourth-order valence-electron chi connectivity index (χ4n) is 1.45. The molecule has 0 aromatic rings. The Balaban J connectivity index is 3.59. The molecule has 3 nitrogen and oxygen atoms in total. The lowest BCUT2D eigenvalue weighted by molar-refractivity contribution is 0.408. The topological polar surface area (TPSA) is 37.4 Å². The predicted molar refractivity (Wildman–Crippen MR) is 66.0 cm³/mol. The number of hydrogen-bond acceptors (Lipinski definition) is 3. The van der Waals surface area contributed by atoms with Crippen LogP contribution in [0.3, 0.4) is 0 Å². The average Bonchev–Trinajstić information content (AvgIpc) is 2.11. The van der Waals surface area contributed by atoms with Gasteiger partial charge in [0.15, 0.2) is 0 Å². The zero-order valence-corrected chi connectivity index (χ0v) is 11.1. The van der Waals surface area contributed by atoms with Crippen LogP contribution in [0.25, 0.3) is 0 Å². The molecular formula is C11H25NO2S. The maximum Gasteiger partial charge on any atom is 0.150 e. The van der Waals surface area contributed by atoms with E-state index in [1.165, 1.54) is 0 Å². The lowest BCUT2D eigenvalue weighted by atomic mass is 10.2. The molecule has 0 fully saturated rings. The van der Waals surface area contributed by atoms with Gasteiger partial charge in [-0.25, -0.2) is 8.42 Å². The first-order chi connectivity index (χ1) is 6.98. The van der Waals surface area contributed by atoms with Gasteiger partial charge in [0.05, 0.1) is 11.5 Å². The van der Waals surface area contributed by atoms with Gasteiger partial charge in [0.2, 0.25) is 0 Å². The molecule has 0 aromatic carbocycles. The first kappa shape index (κ1) is 14.9. The average molecular weight is 235 g/mol. The third-order valence-corrected chi connectivity index (χ3v) is 4.19. The third kappa shape index (κ3) is 10.2. The summed E-state index contributed by atoms with van der Waals surface area (Å²) in [6, 6.07) is 0. The summed E-state index contributed by atoms with van der Waals surface area (Å²) in [5, 5.41) is 0. The van der Waals surface area contributed by atoms with Gasteiger partial charge in [0.1, 0.15) is 9.84 Å². The second-order valence-corrected chi connectivity index (χ2v) is 6.67. The highest BCUT2D eigenvalue weighted by molar-refractivity contribution is 7.91. The largest absolute Gasteiger partial charge is 0.309 e. The maximum absolute atomic E-state index is 11.6. The van der Waals surface area contributed by atoms with Gasteiger partial charge in [-0.05, 0) is 33.5 Å². The fraction of sp³-hybridized carbons (Fsp3) is 1.00. The zero-order valence-electron chi connectivity index (χ0n) is 10.3. The Morgan fingerprint density at radius 2 is 1.53 bits per heavy atom. The van der Waals surface area contributed by atoms with E-state index in [9.17, 15) is 8.42 Å². The molecule has 0 aliphatic rings. The number of unbranched alkanes of at least 4 members (excludes halogenated alkanes) is 3. The quantitative estimate of drug-likeness (QED) is 0.573. The second-order valence-electron chi connectivity index (χ2n) is 4.37. The molecule has 92 valence electrons.